The van der Waals surface area contributed by atoms with Gasteiger partial charge in [-0.2, -0.15) is 13.2 Å². The first-order valence-corrected chi connectivity index (χ1v) is 3.83. The number of allylic oxidation sites excluding steroid dienone is 2. The van der Waals surface area contributed by atoms with Gasteiger partial charge < -0.3 is 5.11 Å². The van der Waals surface area contributed by atoms with Crippen molar-refractivity contribution in [2.45, 2.75) is 6.18 Å². The van der Waals surface area contributed by atoms with Gasteiger partial charge in [0.25, 0.3) is 0 Å². The molecule has 0 atom stereocenters. The van der Waals surface area contributed by atoms with Crippen LogP contribution in [0.15, 0.2) is 36.4 Å². The molecule has 0 aliphatic heterocycles. The average molecular weight is 369 g/mol. The SMILES string of the molecule is O=C(/C=C(\O)C(F)(F)F)c1cccnc1.[Eu]. The topological polar surface area (TPSA) is 50.2 Å². The molecule has 0 aliphatic rings. The molecule has 0 saturated carbocycles. The molecular weight excluding hydrogens is 363 g/mol. The van der Waals surface area contributed by atoms with E-state index in [-0.39, 0.29) is 61.0 Å². The van der Waals surface area contributed by atoms with E-state index in [1.54, 1.807) is 0 Å². The fourth-order valence-electron chi connectivity index (χ4n) is 0.798. The van der Waals surface area contributed by atoms with Gasteiger partial charge in [0.1, 0.15) is 0 Å². The maximum Gasteiger partial charge on any atom is 0.448 e. The largest absolute Gasteiger partial charge is 0.504 e. The average Bonchev–Trinajstić information content (AvgIpc) is 2.17. The monoisotopic (exact) mass is 370 g/mol. The standard InChI is InChI=1S/C9H6F3NO2.Eu/c10-9(11,12)8(15)4-7(14)6-2-1-3-13-5-6;/h1-5,15H;/b8-4-;. The third-order valence-corrected chi connectivity index (χ3v) is 1.50. The Bertz CT molecular complexity index is 389. The van der Waals surface area contributed by atoms with Crippen LogP contribution in [0.4, 0.5) is 13.2 Å². The smallest absolute Gasteiger partial charge is 0.448 e. The molecule has 0 unspecified atom stereocenters. The molecule has 1 aromatic rings. The first kappa shape index (κ1) is 15.7. The van der Waals surface area contributed by atoms with Gasteiger partial charge in [0.05, 0.1) is 0 Å². The fraction of sp³-hybridized carbons (Fsp3) is 0.111. The van der Waals surface area contributed by atoms with Crippen molar-refractivity contribution >= 4 is 5.78 Å². The molecule has 0 bridgehead atoms. The summed E-state index contributed by atoms with van der Waals surface area (Å²) in [6.45, 7) is 0. The number of halogens is 3. The van der Waals surface area contributed by atoms with Crippen LogP contribution >= 0.6 is 0 Å². The summed E-state index contributed by atoms with van der Waals surface area (Å²) < 4.78 is 35.5. The van der Waals surface area contributed by atoms with Crippen molar-refractivity contribution < 1.29 is 72.4 Å². The first-order valence-electron chi connectivity index (χ1n) is 3.83. The molecule has 0 aliphatic carbocycles. The summed E-state index contributed by atoms with van der Waals surface area (Å²) in [5.41, 5.74) is -0.0201. The van der Waals surface area contributed by atoms with Crippen LogP contribution < -0.4 is 0 Å². The molecule has 87 valence electrons. The number of aromatic nitrogens is 1. The van der Waals surface area contributed by atoms with Crippen LogP contribution in [-0.4, -0.2) is 22.1 Å². The maximum atomic E-state index is 11.8. The van der Waals surface area contributed by atoms with E-state index < -0.39 is 17.7 Å². The second-order valence-electron chi connectivity index (χ2n) is 2.63. The molecule has 0 fully saturated rings. The number of pyridine rings is 1. The Morgan fingerprint density at radius 1 is 1.44 bits per heavy atom. The molecule has 1 N–H and O–H groups in total. The number of nitrogens with zero attached hydrogens (tertiary/aromatic N) is 1. The summed E-state index contributed by atoms with van der Waals surface area (Å²) in [5, 5.41) is 8.51. The van der Waals surface area contributed by atoms with Crippen molar-refractivity contribution in [3.8, 4) is 0 Å². The molecule has 1 rings (SSSR count). The summed E-state index contributed by atoms with van der Waals surface area (Å²) in [5.74, 6) is -2.87. The van der Waals surface area contributed by atoms with E-state index in [2.05, 4.69) is 4.98 Å². The van der Waals surface area contributed by atoms with Crippen LogP contribution in [0.25, 0.3) is 0 Å². The maximum absolute atomic E-state index is 11.8. The number of hydrogen-bond donors (Lipinski definition) is 1. The zero-order valence-corrected chi connectivity index (χ0v) is 10.1. The third-order valence-electron chi connectivity index (χ3n) is 1.50. The number of alkyl halides is 3. The predicted octanol–water partition coefficient (Wildman–Crippen LogP) is 2.27. The Labute approximate surface area is 130 Å². The van der Waals surface area contributed by atoms with Gasteiger partial charge in [-0.25, -0.2) is 0 Å². The Balaban J connectivity index is 0.00000225. The van der Waals surface area contributed by atoms with Gasteiger partial charge in [0.2, 0.25) is 5.76 Å². The number of hydrogen-bond acceptors (Lipinski definition) is 3. The van der Waals surface area contributed by atoms with E-state index in [1.807, 2.05) is 0 Å². The van der Waals surface area contributed by atoms with Crippen LogP contribution in [0.5, 0.6) is 0 Å². The zero-order valence-electron chi connectivity index (χ0n) is 7.70. The van der Waals surface area contributed by atoms with E-state index in [4.69, 9.17) is 5.11 Å². The molecule has 0 spiro atoms. The van der Waals surface area contributed by atoms with Crippen molar-refractivity contribution in [3.05, 3.63) is 41.9 Å². The minimum Gasteiger partial charge on any atom is -0.504 e. The Morgan fingerprint density at radius 3 is 2.50 bits per heavy atom. The quantitative estimate of drug-likeness (QED) is 0.495. The van der Waals surface area contributed by atoms with E-state index in [0.29, 0.717) is 0 Å². The van der Waals surface area contributed by atoms with Crippen LogP contribution in [0.1, 0.15) is 10.4 Å². The predicted molar refractivity (Wildman–Crippen MR) is 45.3 cm³/mol. The van der Waals surface area contributed by atoms with Gasteiger partial charge in [-0.3, -0.25) is 9.78 Å². The van der Waals surface area contributed by atoms with E-state index in [9.17, 15) is 18.0 Å². The number of aliphatic hydroxyl groups excluding tert-OH is 1. The fourth-order valence-corrected chi connectivity index (χ4v) is 0.798. The third kappa shape index (κ3) is 4.71. The van der Waals surface area contributed by atoms with E-state index >= 15 is 0 Å². The summed E-state index contributed by atoms with van der Waals surface area (Å²) >= 11 is 0. The minimum absolute atomic E-state index is 0. The number of aliphatic hydroxyl groups is 1. The van der Waals surface area contributed by atoms with E-state index in [1.165, 1.54) is 18.3 Å². The van der Waals surface area contributed by atoms with E-state index in [0.717, 1.165) is 6.20 Å². The second kappa shape index (κ2) is 6.47. The van der Waals surface area contributed by atoms with Crippen molar-refractivity contribution in [2.75, 3.05) is 0 Å². The second-order valence-corrected chi connectivity index (χ2v) is 2.63. The number of carbonyl (C=O) groups excluding carboxylic acids is 1. The molecule has 0 amide bonds. The minimum atomic E-state index is -4.90. The summed E-state index contributed by atoms with van der Waals surface area (Å²) in [7, 11) is 0. The molecule has 0 aromatic carbocycles. The van der Waals surface area contributed by atoms with Gasteiger partial charge in [0, 0.05) is 73.4 Å². The molecule has 16 heavy (non-hydrogen) atoms. The summed E-state index contributed by atoms with van der Waals surface area (Å²) in [4.78, 5) is 14.7. The normalized spacial score (nSPS) is 11.8. The molecule has 7 heteroatoms. The van der Waals surface area contributed by atoms with Crippen LogP contribution in [0.3, 0.4) is 0 Å². The molecule has 1 aromatic heterocycles. The Morgan fingerprint density at radius 2 is 2.06 bits per heavy atom. The molecule has 0 saturated heterocycles. The number of ketones is 1. The summed E-state index contributed by atoms with van der Waals surface area (Å²) in [6.07, 6.45) is -2.29. The Kier molecular flexibility index (Phi) is 6.36. The Hall–Kier alpha value is -0.266. The van der Waals surface area contributed by atoms with Crippen LogP contribution in [0.2, 0.25) is 0 Å². The van der Waals surface area contributed by atoms with Crippen LogP contribution in [-0.2, 0) is 0 Å². The van der Waals surface area contributed by atoms with Gasteiger partial charge in [-0.15, -0.1) is 0 Å². The molecule has 1 heterocycles. The number of carbonyl (C=O) groups is 1. The van der Waals surface area contributed by atoms with Crippen molar-refractivity contribution in [1.29, 1.82) is 0 Å². The van der Waals surface area contributed by atoms with Gasteiger partial charge in [0.15, 0.2) is 5.78 Å². The van der Waals surface area contributed by atoms with Crippen molar-refractivity contribution in [2.24, 2.45) is 0 Å². The van der Waals surface area contributed by atoms with Crippen molar-refractivity contribution in [1.82, 2.24) is 4.98 Å². The number of rotatable bonds is 2. The van der Waals surface area contributed by atoms with Gasteiger partial charge >= 0.3 is 6.18 Å². The molecule has 3 nitrogen and oxygen atoms in total. The molecule has 1 radical (unpaired) electrons. The molecular formula is C9H6EuF3NO2. The van der Waals surface area contributed by atoms with Gasteiger partial charge in [-0.1, -0.05) is 0 Å². The van der Waals surface area contributed by atoms with Gasteiger partial charge in [-0.05, 0) is 12.1 Å². The zero-order chi connectivity index (χ0) is 11.5. The van der Waals surface area contributed by atoms with Crippen molar-refractivity contribution in [3.63, 3.8) is 0 Å². The summed E-state index contributed by atoms with van der Waals surface area (Å²) in [6, 6.07) is 2.71. The van der Waals surface area contributed by atoms with Crippen LogP contribution in [0, 0.1) is 49.4 Å². The first-order chi connectivity index (χ1) is 6.91.